The van der Waals surface area contributed by atoms with Gasteiger partial charge in [0.25, 0.3) is 0 Å². The van der Waals surface area contributed by atoms with Crippen LogP contribution in [0.3, 0.4) is 0 Å². The van der Waals surface area contributed by atoms with Gasteiger partial charge in [-0.2, -0.15) is 9.78 Å². The van der Waals surface area contributed by atoms with E-state index in [4.69, 9.17) is 0 Å². The number of hydrogen-bond acceptors (Lipinski definition) is 4. The lowest BCUT2D eigenvalue weighted by Gasteiger charge is -2.05. The maximum atomic E-state index is 12.8. The number of para-hydroxylation sites is 1. The number of sulfone groups is 1. The molecule has 4 aromatic rings. The maximum Gasteiger partial charge on any atom is 0.346 e. The minimum atomic E-state index is -3.30. The molecular weight excluding hydrogens is 410 g/mol. The van der Waals surface area contributed by atoms with Crippen molar-refractivity contribution in [3.05, 3.63) is 90.6 Å². The van der Waals surface area contributed by atoms with E-state index in [1.165, 1.54) is 10.9 Å². The van der Waals surface area contributed by atoms with Crippen LogP contribution in [0.15, 0.2) is 90.0 Å². The Labute approximate surface area is 181 Å². The van der Waals surface area contributed by atoms with Crippen molar-refractivity contribution in [2.24, 2.45) is 0 Å². The predicted octanol–water partition coefficient (Wildman–Crippen LogP) is 5.01. The van der Waals surface area contributed by atoms with E-state index in [2.05, 4.69) is 10.4 Å². The van der Waals surface area contributed by atoms with Crippen LogP contribution in [0.5, 0.6) is 0 Å². The van der Waals surface area contributed by atoms with Gasteiger partial charge in [0.2, 0.25) is 0 Å². The van der Waals surface area contributed by atoms with E-state index in [9.17, 15) is 13.2 Å². The highest BCUT2D eigenvalue weighted by atomic mass is 32.2. The number of carbonyl (C=O) groups excluding carboxylic acids is 1. The van der Waals surface area contributed by atoms with Gasteiger partial charge in [-0.05, 0) is 36.8 Å². The molecule has 3 aromatic carbocycles. The number of aryl methyl sites for hydroxylation is 1. The highest BCUT2D eigenvalue weighted by Crippen LogP contribution is 2.32. The fourth-order valence-corrected chi connectivity index (χ4v) is 3.83. The molecule has 0 spiro atoms. The number of rotatable bonds is 4. The van der Waals surface area contributed by atoms with Crippen molar-refractivity contribution in [2.45, 2.75) is 11.8 Å². The second-order valence-electron chi connectivity index (χ2n) is 7.29. The fourth-order valence-electron chi connectivity index (χ4n) is 3.20. The van der Waals surface area contributed by atoms with Gasteiger partial charge in [-0.3, -0.25) is 0 Å². The highest BCUT2D eigenvalue weighted by molar-refractivity contribution is 7.90. The molecule has 0 saturated carbocycles. The van der Waals surface area contributed by atoms with Crippen LogP contribution in [0, 0.1) is 6.92 Å². The van der Waals surface area contributed by atoms with Crippen molar-refractivity contribution in [2.75, 3.05) is 11.6 Å². The summed E-state index contributed by atoms with van der Waals surface area (Å²) in [6.07, 6.45) is 2.85. The first-order chi connectivity index (χ1) is 14.8. The maximum absolute atomic E-state index is 12.8. The van der Waals surface area contributed by atoms with E-state index in [0.29, 0.717) is 16.9 Å². The van der Waals surface area contributed by atoms with Crippen LogP contribution >= 0.6 is 0 Å². The zero-order chi connectivity index (χ0) is 22.0. The summed E-state index contributed by atoms with van der Waals surface area (Å²) in [5, 5.41) is 7.34. The lowest BCUT2D eigenvalue weighted by atomic mass is 10.0. The van der Waals surface area contributed by atoms with Gasteiger partial charge in [-0.25, -0.2) is 13.2 Å². The molecule has 4 rings (SSSR count). The molecule has 0 atom stereocenters. The van der Waals surface area contributed by atoms with Crippen LogP contribution in [-0.4, -0.2) is 30.5 Å². The van der Waals surface area contributed by atoms with Gasteiger partial charge in [0.15, 0.2) is 9.84 Å². The first-order valence-electron chi connectivity index (χ1n) is 9.65. The molecule has 0 unspecified atom stereocenters. The summed E-state index contributed by atoms with van der Waals surface area (Å²) in [5.74, 6) is 0. The average Bonchev–Trinajstić information content (AvgIpc) is 3.20. The number of aromatic nitrogens is 2. The molecule has 1 amide bonds. The normalized spacial score (nSPS) is 11.3. The smallest absolute Gasteiger partial charge is 0.306 e. The summed E-state index contributed by atoms with van der Waals surface area (Å²) in [5.41, 5.74) is 4.78. The summed E-state index contributed by atoms with van der Waals surface area (Å²) < 4.78 is 24.9. The van der Waals surface area contributed by atoms with Crippen LogP contribution < -0.4 is 5.32 Å². The van der Waals surface area contributed by atoms with Crippen LogP contribution in [0.25, 0.3) is 22.4 Å². The first-order valence-corrected chi connectivity index (χ1v) is 11.5. The molecule has 31 heavy (non-hydrogen) atoms. The SMILES string of the molecule is Cc1ccc(-c2cn(C(=O)Nc3ccccc3)nc2-c2ccc(S(C)(=O)=O)cc2)cc1. The molecule has 1 heterocycles. The predicted molar refractivity (Wildman–Crippen MR) is 122 cm³/mol. The monoisotopic (exact) mass is 431 g/mol. The van der Waals surface area contributed by atoms with Gasteiger partial charge in [-0.15, -0.1) is 0 Å². The van der Waals surface area contributed by atoms with Gasteiger partial charge in [-0.1, -0.05) is 60.2 Å². The number of hydrogen-bond donors (Lipinski definition) is 1. The van der Waals surface area contributed by atoms with Gasteiger partial charge in [0.05, 0.1) is 4.90 Å². The molecular formula is C24H21N3O3S. The molecule has 6 nitrogen and oxygen atoms in total. The lowest BCUT2D eigenvalue weighted by Crippen LogP contribution is -2.19. The molecule has 0 bridgehead atoms. The van der Waals surface area contributed by atoms with E-state index in [0.717, 1.165) is 16.7 Å². The van der Waals surface area contributed by atoms with Crippen molar-refractivity contribution in [3.63, 3.8) is 0 Å². The molecule has 0 fully saturated rings. The number of anilines is 1. The summed E-state index contributed by atoms with van der Waals surface area (Å²) in [4.78, 5) is 13.0. The number of nitrogens with zero attached hydrogens (tertiary/aromatic N) is 2. The van der Waals surface area contributed by atoms with Crippen molar-refractivity contribution < 1.29 is 13.2 Å². The van der Waals surface area contributed by atoms with Crippen LogP contribution in [0.1, 0.15) is 5.56 Å². The molecule has 0 saturated heterocycles. The van der Waals surface area contributed by atoms with Gasteiger partial charge < -0.3 is 5.32 Å². The summed E-state index contributed by atoms with van der Waals surface area (Å²) >= 11 is 0. The molecule has 1 aromatic heterocycles. The second kappa shape index (κ2) is 8.20. The Morgan fingerprint density at radius 2 is 1.48 bits per heavy atom. The van der Waals surface area contributed by atoms with E-state index < -0.39 is 15.9 Å². The Balaban J connectivity index is 1.77. The quantitative estimate of drug-likeness (QED) is 0.493. The van der Waals surface area contributed by atoms with E-state index in [1.807, 2.05) is 49.4 Å². The number of carbonyl (C=O) groups is 1. The van der Waals surface area contributed by atoms with E-state index >= 15 is 0 Å². The number of nitrogens with one attached hydrogen (secondary N) is 1. The van der Waals surface area contributed by atoms with Crippen molar-refractivity contribution in [3.8, 4) is 22.4 Å². The van der Waals surface area contributed by atoms with Gasteiger partial charge in [0.1, 0.15) is 5.69 Å². The first kappa shape index (κ1) is 20.6. The number of benzene rings is 3. The van der Waals surface area contributed by atoms with Gasteiger partial charge in [0, 0.05) is 29.3 Å². The van der Waals surface area contributed by atoms with Crippen LogP contribution in [-0.2, 0) is 9.84 Å². The van der Waals surface area contributed by atoms with E-state index in [-0.39, 0.29) is 4.90 Å². The Bertz CT molecular complexity index is 1330. The average molecular weight is 432 g/mol. The fraction of sp³-hybridized carbons (Fsp3) is 0.0833. The van der Waals surface area contributed by atoms with Crippen molar-refractivity contribution >= 4 is 21.6 Å². The van der Waals surface area contributed by atoms with Crippen molar-refractivity contribution in [1.82, 2.24) is 9.78 Å². The summed E-state index contributed by atoms with van der Waals surface area (Å²) in [7, 11) is -3.30. The third-order valence-electron chi connectivity index (χ3n) is 4.87. The largest absolute Gasteiger partial charge is 0.346 e. The molecule has 0 aliphatic carbocycles. The Morgan fingerprint density at radius 3 is 2.10 bits per heavy atom. The van der Waals surface area contributed by atoms with Crippen LogP contribution in [0.2, 0.25) is 0 Å². The highest BCUT2D eigenvalue weighted by Gasteiger charge is 2.17. The topological polar surface area (TPSA) is 81.1 Å². The zero-order valence-electron chi connectivity index (χ0n) is 17.1. The third kappa shape index (κ3) is 4.57. The minimum Gasteiger partial charge on any atom is -0.306 e. The summed E-state index contributed by atoms with van der Waals surface area (Å²) in [6, 6.07) is 23.2. The molecule has 156 valence electrons. The second-order valence-corrected chi connectivity index (χ2v) is 9.31. The van der Waals surface area contributed by atoms with Crippen LogP contribution in [0.4, 0.5) is 10.5 Å². The minimum absolute atomic E-state index is 0.231. The Kier molecular flexibility index (Phi) is 5.44. The summed E-state index contributed by atoms with van der Waals surface area (Å²) in [6.45, 7) is 2.01. The van der Waals surface area contributed by atoms with Crippen molar-refractivity contribution in [1.29, 1.82) is 0 Å². The molecule has 7 heteroatoms. The number of amides is 1. The Morgan fingerprint density at radius 1 is 0.871 bits per heavy atom. The lowest BCUT2D eigenvalue weighted by molar-refractivity contribution is 0.251. The Hall–Kier alpha value is -3.71. The third-order valence-corrected chi connectivity index (χ3v) is 5.99. The molecule has 0 radical (unpaired) electrons. The standard InChI is InChI=1S/C24H21N3O3S/c1-17-8-10-18(11-9-17)22-16-27(24(28)25-20-6-4-3-5-7-20)26-23(22)19-12-14-21(15-13-19)31(2,29)30/h3-16H,1-2H3,(H,25,28). The molecule has 0 aliphatic heterocycles. The van der Waals surface area contributed by atoms with Gasteiger partial charge >= 0.3 is 6.03 Å². The molecule has 1 N–H and O–H groups in total. The van der Waals surface area contributed by atoms with E-state index in [1.54, 1.807) is 42.6 Å². The molecule has 0 aliphatic rings. The zero-order valence-corrected chi connectivity index (χ0v) is 17.9.